The summed E-state index contributed by atoms with van der Waals surface area (Å²) in [5, 5.41) is 5.44. The highest BCUT2D eigenvalue weighted by Crippen LogP contribution is 2.28. The average molecular weight is 395 g/mol. The minimum atomic E-state index is 0. The summed E-state index contributed by atoms with van der Waals surface area (Å²) in [6.07, 6.45) is 6.18. The third-order valence-electron chi connectivity index (χ3n) is 5.22. The molecule has 0 unspecified atom stereocenters. The van der Waals surface area contributed by atoms with Crippen molar-refractivity contribution in [2.75, 3.05) is 13.1 Å². The summed E-state index contributed by atoms with van der Waals surface area (Å²) >= 11 is 6.02. The molecule has 2 heterocycles. The summed E-state index contributed by atoms with van der Waals surface area (Å²) in [5.41, 5.74) is 9.85. The van der Waals surface area contributed by atoms with Crippen molar-refractivity contribution >= 4 is 29.9 Å². The monoisotopic (exact) mass is 394 g/mol. The molecule has 0 radical (unpaired) electrons. The minimum absolute atomic E-state index is 0. The second kappa shape index (κ2) is 7.99. The summed E-state index contributed by atoms with van der Waals surface area (Å²) in [4.78, 5) is 14.9. The number of carbonyl (C=O) groups excluding carboxylic acids is 1. The minimum Gasteiger partial charge on any atom is -0.336 e. The lowest BCUT2D eigenvalue weighted by atomic mass is 10.1. The van der Waals surface area contributed by atoms with Gasteiger partial charge in [-0.1, -0.05) is 18.0 Å². The van der Waals surface area contributed by atoms with Gasteiger partial charge < -0.3 is 10.6 Å². The van der Waals surface area contributed by atoms with Crippen LogP contribution in [-0.4, -0.2) is 39.7 Å². The Balaban J connectivity index is 0.00000196. The number of amides is 1. The van der Waals surface area contributed by atoms with Crippen LogP contribution in [0.1, 0.15) is 47.4 Å². The molecule has 1 atom stereocenters. The largest absolute Gasteiger partial charge is 0.336 e. The molecule has 0 bridgehead atoms. The molecule has 7 heteroatoms. The van der Waals surface area contributed by atoms with Crippen LogP contribution in [0.25, 0.3) is 5.69 Å². The number of halogens is 2. The molecule has 0 spiro atoms. The van der Waals surface area contributed by atoms with E-state index in [-0.39, 0.29) is 24.4 Å². The molecule has 1 amide bonds. The predicted molar refractivity (Wildman–Crippen MR) is 106 cm³/mol. The van der Waals surface area contributed by atoms with Crippen molar-refractivity contribution in [3.63, 3.8) is 0 Å². The van der Waals surface area contributed by atoms with Crippen LogP contribution in [0.15, 0.2) is 24.3 Å². The van der Waals surface area contributed by atoms with Crippen molar-refractivity contribution in [1.29, 1.82) is 0 Å². The normalized spacial score (nSPS) is 19.6. The van der Waals surface area contributed by atoms with Gasteiger partial charge in [-0.3, -0.25) is 4.79 Å². The number of rotatable bonds is 2. The molecule has 1 aliphatic heterocycles. The summed E-state index contributed by atoms with van der Waals surface area (Å²) in [5.74, 6) is 0.0267. The first-order valence-electron chi connectivity index (χ1n) is 9.05. The van der Waals surface area contributed by atoms with Crippen LogP contribution >= 0.6 is 24.0 Å². The quantitative estimate of drug-likeness (QED) is 0.793. The van der Waals surface area contributed by atoms with Gasteiger partial charge in [0.15, 0.2) is 5.69 Å². The molecule has 1 aliphatic carbocycles. The Morgan fingerprint density at radius 2 is 1.88 bits per heavy atom. The molecule has 1 fully saturated rings. The molecule has 2 aliphatic rings. The lowest BCUT2D eigenvalue weighted by Gasteiger charge is -2.15. The van der Waals surface area contributed by atoms with Gasteiger partial charge in [0.25, 0.3) is 5.91 Å². The Labute approximate surface area is 164 Å². The number of likely N-dealkylation sites (tertiary alicyclic amines) is 1. The van der Waals surface area contributed by atoms with Crippen molar-refractivity contribution in [3.05, 3.63) is 46.2 Å². The second-order valence-corrected chi connectivity index (χ2v) is 7.46. The van der Waals surface area contributed by atoms with Crippen LogP contribution in [0.3, 0.4) is 0 Å². The topological polar surface area (TPSA) is 64.2 Å². The average Bonchev–Trinajstić information content (AvgIpc) is 3.11. The Hall–Kier alpha value is -1.56. The maximum atomic E-state index is 13.0. The zero-order valence-corrected chi connectivity index (χ0v) is 16.2. The number of fused-ring (bicyclic) bond motifs is 1. The van der Waals surface area contributed by atoms with Crippen molar-refractivity contribution in [3.8, 4) is 5.69 Å². The number of nitrogens with two attached hydrogens (primary N) is 1. The third-order valence-corrected chi connectivity index (χ3v) is 5.47. The maximum absolute atomic E-state index is 13.0. The van der Waals surface area contributed by atoms with Gasteiger partial charge in [-0.2, -0.15) is 5.10 Å². The predicted octanol–water partition coefficient (Wildman–Crippen LogP) is 3.39. The van der Waals surface area contributed by atoms with E-state index in [1.807, 2.05) is 33.8 Å². The van der Waals surface area contributed by atoms with Crippen LogP contribution in [0.5, 0.6) is 0 Å². The van der Waals surface area contributed by atoms with Gasteiger partial charge >= 0.3 is 0 Å². The molecule has 26 heavy (non-hydrogen) atoms. The third kappa shape index (κ3) is 3.61. The fourth-order valence-corrected chi connectivity index (χ4v) is 3.99. The summed E-state index contributed by atoms with van der Waals surface area (Å²) in [6, 6.07) is 7.73. The highest BCUT2D eigenvalue weighted by Gasteiger charge is 2.31. The van der Waals surface area contributed by atoms with E-state index in [0.29, 0.717) is 17.3 Å². The van der Waals surface area contributed by atoms with Gasteiger partial charge in [-0.15, -0.1) is 12.4 Å². The van der Waals surface area contributed by atoms with E-state index < -0.39 is 0 Å². The van der Waals surface area contributed by atoms with Crippen LogP contribution in [-0.2, 0) is 12.8 Å². The van der Waals surface area contributed by atoms with E-state index in [9.17, 15) is 4.79 Å². The van der Waals surface area contributed by atoms with Crippen LogP contribution in [0.4, 0.5) is 0 Å². The fourth-order valence-electron chi connectivity index (χ4n) is 3.86. The standard InChI is InChI=1S/C19H23ClN4O.ClH/c20-13-6-8-15(9-7-13)24-17-5-3-1-2-4-16(17)18(22-24)19(25)23-11-10-14(21)12-23;/h6-9,14H,1-5,10-12,21H2;1H/t14-;/m1./s1. The maximum Gasteiger partial charge on any atom is 0.274 e. The van der Waals surface area contributed by atoms with Crippen molar-refractivity contribution in [1.82, 2.24) is 14.7 Å². The SMILES string of the molecule is Cl.N[C@@H]1CCN(C(=O)c2nn(-c3ccc(Cl)cc3)c3c2CCCCC3)C1. The van der Waals surface area contributed by atoms with Crippen molar-refractivity contribution in [2.45, 2.75) is 44.6 Å². The van der Waals surface area contributed by atoms with Gasteiger partial charge in [0.05, 0.1) is 5.69 Å². The molecule has 2 N–H and O–H groups in total. The summed E-state index contributed by atoms with van der Waals surface area (Å²) in [6.45, 7) is 1.35. The molecule has 140 valence electrons. The first-order valence-corrected chi connectivity index (χ1v) is 9.43. The number of hydrogen-bond acceptors (Lipinski definition) is 3. The van der Waals surface area contributed by atoms with E-state index in [1.54, 1.807) is 0 Å². The lowest BCUT2D eigenvalue weighted by molar-refractivity contribution is 0.0783. The molecule has 1 saturated heterocycles. The number of nitrogens with zero attached hydrogens (tertiary/aromatic N) is 3. The van der Waals surface area contributed by atoms with Crippen molar-refractivity contribution in [2.24, 2.45) is 5.73 Å². The highest BCUT2D eigenvalue weighted by atomic mass is 35.5. The van der Waals surface area contributed by atoms with Crippen LogP contribution < -0.4 is 5.73 Å². The smallest absolute Gasteiger partial charge is 0.274 e. The zero-order valence-electron chi connectivity index (χ0n) is 14.7. The van der Waals surface area contributed by atoms with E-state index in [0.717, 1.165) is 49.9 Å². The van der Waals surface area contributed by atoms with E-state index in [2.05, 4.69) is 0 Å². The highest BCUT2D eigenvalue weighted by molar-refractivity contribution is 6.30. The van der Waals surface area contributed by atoms with Gasteiger partial charge in [0.1, 0.15) is 0 Å². The number of aromatic nitrogens is 2. The Morgan fingerprint density at radius 1 is 1.15 bits per heavy atom. The Morgan fingerprint density at radius 3 is 2.58 bits per heavy atom. The van der Waals surface area contributed by atoms with Gasteiger partial charge in [-0.25, -0.2) is 4.68 Å². The molecule has 4 rings (SSSR count). The van der Waals surface area contributed by atoms with E-state index >= 15 is 0 Å². The molecular formula is C19H24Cl2N4O. The first-order chi connectivity index (χ1) is 12.1. The van der Waals surface area contributed by atoms with Gasteiger partial charge in [0.2, 0.25) is 0 Å². The molecule has 5 nitrogen and oxygen atoms in total. The summed E-state index contributed by atoms with van der Waals surface area (Å²) in [7, 11) is 0. The molecule has 0 saturated carbocycles. The fraction of sp³-hybridized carbons (Fsp3) is 0.474. The lowest BCUT2D eigenvalue weighted by Crippen LogP contribution is -2.32. The molecule has 2 aromatic rings. The second-order valence-electron chi connectivity index (χ2n) is 7.02. The van der Waals surface area contributed by atoms with Gasteiger partial charge in [-0.05, 0) is 56.4 Å². The van der Waals surface area contributed by atoms with E-state index in [1.165, 1.54) is 12.1 Å². The molecular weight excluding hydrogens is 371 g/mol. The first kappa shape index (κ1) is 19.2. The van der Waals surface area contributed by atoms with Gasteiger partial charge in [0, 0.05) is 35.4 Å². The molecule has 1 aromatic carbocycles. The Kier molecular flexibility index (Phi) is 5.90. The van der Waals surface area contributed by atoms with Crippen LogP contribution in [0.2, 0.25) is 5.02 Å². The van der Waals surface area contributed by atoms with E-state index in [4.69, 9.17) is 22.4 Å². The summed E-state index contributed by atoms with van der Waals surface area (Å²) < 4.78 is 1.94. The number of benzene rings is 1. The molecule has 1 aromatic heterocycles. The zero-order chi connectivity index (χ0) is 17.4. The number of hydrogen-bond donors (Lipinski definition) is 1. The Bertz CT molecular complexity index is 788. The van der Waals surface area contributed by atoms with Crippen LogP contribution in [0, 0.1) is 0 Å². The number of carbonyl (C=O) groups is 1. The van der Waals surface area contributed by atoms with Crippen molar-refractivity contribution < 1.29 is 4.79 Å².